The third-order valence-electron chi connectivity index (χ3n) is 10.7. The molecule has 0 saturated carbocycles. The summed E-state index contributed by atoms with van der Waals surface area (Å²) in [5.41, 5.74) is 0. The van der Waals surface area contributed by atoms with Crippen molar-refractivity contribution in [2.24, 2.45) is 0 Å². The van der Waals surface area contributed by atoms with E-state index in [9.17, 15) is 14.4 Å². The molecule has 1 atom stereocenters. The maximum atomic E-state index is 12.7. The van der Waals surface area contributed by atoms with Crippen LogP contribution in [0.25, 0.3) is 0 Å². The quantitative estimate of drug-likeness (QED) is 0.0265. The van der Waals surface area contributed by atoms with Gasteiger partial charge in [-0.25, -0.2) is 0 Å². The number of esters is 3. The Hall–Kier alpha value is -2.11. The Balaban J connectivity index is 4.30. The summed E-state index contributed by atoms with van der Waals surface area (Å²) in [7, 11) is 0. The number of hydrogen-bond acceptors (Lipinski definition) is 6. The molecule has 56 heavy (non-hydrogen) atoms. The summed E-state index contributed by atoms with van der Waals surface area (Å²) < 4.78 is 16.7. The van der Waals surface area contributed by atoms with Gasteiger partial charge in [0.05, 0.1) is 0 Å². The SMILES string of the molecule is CC/C=C\C/C=C\CCCCC(=O)OCC(COC(=O)CCCCCCCCCCCCCCCCCC)OC(=O)CCCCCCCCCCCCCCC. The average Bonchev–Trinajstić information content (AvgIpc) is 3.19. The highest BCUT2D eigenvalue weighted by Crippen LogP contribution is 2.16. The van der Waals surface area contributed by atoms with E-state index in [1.165, 1.54) is 148 Å². The Bertz CT molecular complexity index is 911. The van der Waals surface area contributed by atoms with Crippen LogP contribution in [-0.2, 0) is 28.6 Å². The molecule has 0 N–H and O–H groups in total. The van der Waals surface area contributed by atoms with Crippen LogP contribution in [-0.4, -0.2) is 37.2 Å². The molecule has 0 rings (SSSR count). The zero-order chi connectivity index (χ0) is 40.8. The van der Waals surface area contributed by atoms with Gasteiger partial charge < -0.3 is 14.2 Å². The van der Waals surface area contributed by atoms with E-state index in [4.69, 9.17) is 14.2 Å². The molecule has 0 radical (unpaired) electrons. The number of unbranched alkanes of at least 4 members (excludes halogenated alkanes) is 29. The third-order valence-corrected chi connectivity index (χ3v) is 10.7. The number of rotatable bonds is 44. The molecule has 1 unspecified atom stereocenters. The van der Waals surface area contributed by atoms with E-state index in [-0.39, 0.29) is 31.1 Å². The fourth-order valence-corrected chi connectivity index (χ4v) is 7.07. The second kappa shape index (κ2) is 45.6. The van der Waals surface area contributed by atoms with Crippen LogP contribution in [0.5, 0.6) is 0 Å². The normalized spacial score (nSPS) is 12.1. The first-order chi connectivity index (χ1) is 27.5. The fraction of sp³-hybridized carbons (Fsp3) is 0.860. The highest BCUT2D eigenvalue weighted by atomic mass is 16.6. The Morgan fingerprint density at radius 1 is 0.375 bits per heavy atom. The van der Waals surface area contributed by atoms with Crippen LogP contribution in [0, 0.1) is 0 Å². The van der Waals surface area contributed by atoms with Gasteiger partial charge >= 0.3 is 17.9 Å². The van der Waals surface area contributed by atoms with Gasteiger partial charge in [0.2, 0.25) is 0 Å². The molecule has 0 aliphatic heterocycles. The van der Waals surface area contributed by atoms with E-state index < -0.39 is 6.10 Å². The summed E-state index contributed by atoms with van der Waals surface area (Å²) in [4.78, 5) is 37.7. The van der Waals surface area contributed by atoms with E-state index in [1.807, 2.05) is 0 Å². The molecule has 0 aromatic rings. The van der Waals surface area contributed by atoms with Crippen molar-refractivity contribution in [3.63, 3.8) is 0 Å². The first kappa shape index (κ1) is 53.9. The van der Waals surface area contributed by atoms with Gasteiger partial charge in [0.1, 0.15) is 13.2 Å². The van der Waals surface area contributed by atoms with E-state index in [0.717, 1.165) is 70.6 Å². The minimum absolute atomic E-state index is 0.0768. The summed E-state index contributed by atoms with van der Waals surface area (Å²) in [5, 5.41) is 0. The predicted molar refractivity (Wildman–Crippen MR) is 238 cm³/mol. The molecule has 0 amide bonds. The average molecular weight is 789 g/mol. The second-order valence-corrected chi connectivity index (χ2v) is 16.4. The molecule has 0 aromatic carbocycles. The summed E-state index contributed by atoms with van der Waals surface area (Å²) in [6, 6.07) is 0. The lowest BCUT2D eigenvalue weighted by Gasteiger charge is -2.18. The summed E-state index contributed by atoms with van der Waals surface area (Å²) in [5.74, 6) is -0.905. The highest BCUT2D eigenvalue weighted by Gasteiger charge is 2.19. The molecule has 0 aromatic heterocycles. The molecule has 0 heterocycles. The maximum Gasteiger partial charge on any atom is 0.306 e. The number of allylic oxidation sites excluding steroid dienone is 4. The Morgan fingerprint density at radius 2 is 0.696 bits per heavy atom. The van der Waals surface area contributed by atoms with Gasteiger partial charge in [-0.05, 0) is 44.9 Å². The molecule has 0 fully saturated rings. The van der Waals surface area contributed by atoms with Crippen LogP contribution < -0.4 is 0 Å². The van der Waals surface area contributed by atoms with Crippen LogP contribution in [0.2, 0.25) is 0 Å². The zero-order valence-corrected chi connectivity index (χ0v) is 37.4. The largest absolute Gasteiger partial charge is 0.462 e. The summed E-state index contributed by atoms with van der Waals surface area (Å²) >= 11 is 0. The van der Waals surface area contributed by atoms with Crippen molar-refractivity contribution < 1.29 is 28.6 Å². The minimum Gasteiger partial charge on any atom is -0.462 e. The maximum absolute atomic E-state index is 12.7. The van der Waals surface area contributed by atoms with E-state index >= 15 is 0 Å². The molecule has 0 spiro atoms. The molecule has 6 nitrogen and oxygen atoms in total. The Kier molecular flexibility index (Phi) is 43.9. The molecule has 328 valence electrons. The van der Waals surface area contributed by atoms with Gasteiger partial charge in [-0.3, -0.25) is 14.4 Å². The Morgan fingerprint density at radius 3 is 1.07 bits per heavy atom. The van der Waals surface area contributed by atoms with Gasteiger partial charge in [-0.1, -0.05) is 218 Å². The third kappa shape index (κ3) is 43.0. The lowest BCUT2D eigenvalue weighted by Crippen LogP contribution is -2.30. The van der Waals surface area contributed by atoms with Crippen molar-refractivity contribution in [3.05, 3.63) is 24.3 Å². The van der Waals surface area contributed by atoms with Crippen molar-refractivity contribution in [3.8, 4) is 0 Å². The number of carbonyl (C=O) groups is 3. The van der Waals surface area contributed by atoms with Crippen molar-refractivity contribution in [2.75, 3.05) is 13.2 Å². The van der Waals surface area contributed by atoms with Gasteiger partial charge in [0.15, 0.2) is 6.10 Å². The van der Waals surface area contributed by atoms with E-state index in [0.29, 0.717) is 19.3 Å². The van der Waals surface area contributed by atoms with E-state index in [2.05, 4.69) is 45.1 Å². The lowest BCUT2D eigenvalue weighted by molar-refractivity contribution is -0.167. The topological polar surface area (TPSA) is 78.9 Å². The molecule has 0 aliphatic carbocycles. The van der Waals surface area contributed by atoms with Crippen LogP contribution in [0.4, 0.5) is 0 Å². The molecule has 0 aliphatic rings. The minimum atomic E-state index is -0.776. The molecular formula is C50H92O6. The number of carbonyl (C=O) groups excluding carboxylic acids is 3. The summed E-state index contributed by atoms with van der Waals surface area (Å²) in [6.45, 7) is 6.50. The molecule has 0 saturated heterocycles. The van der Waals surface area contributed by atoms with Gasteiger partial charge in [-0.15, -0.1) is 0 Å². The van der Waals surface area contributed by atoms with Gasteiger partial charge in [0.25, 0.3) is 0 Å². The molecule has 0 bridgehead atoms. The van der Waals surface area contributed by atoms with Crippen molar-refractivity contribution in [1.82, 2.24) is 0 Å². The van der Waals surface area contributed by atoms with E-state index in [1.54, 1.807) is 0 Å². The fourth-order valence-electron chi connectivity index (χ4n) is 7.07. The van der Waals surface area contributed by atoms with Crippen LogP contribution in [0.3, 0.4) is 0 Å². The Labute approximate surface area is 347 Å². The van der Waals surface area contributed by atoms with Gasteiger partial charge in [0, 0.05) is 19.3 Å². The molecular weight excluding hydrogens is 697 g/mol. The zero-order valence-electron chi connectivity index (χ0n) is 37.4. The van der Waals surface area contributed by atoms with Crippen molar-refractivity contribution in [1.29, 1.82) is 0 Å². The first-order valence-electron chi connectivity index (χ1n) is 24.3. The van der Waals surface area contributed by atoms with Gasteiger partial charge in [-0.2, -0.15) is 0 Å². The monoisotopic (exact) mass is 789 g/mol. The standard InChI is InChI=1S/C50H92O6/c1-4-7-10-13-16-19-21-23-24-25-27-28-31-34-37-40-43-49(52)55-46-47(45-54-48(51)42-39-36-33-30-18-15-12-9-6-3)56-50(53)44-41-38-35-32-29-26-22-20-17-14-11-8-5-2/h9,12,18,30,47H,4-8,10-11,13-17,19-29,31-46H2,1-3H3/b12-9-,30-18-. The number of ether oxygens (including phenoxy) is 3. The van der Waals surface area contributed by atoms with Crippen LogP contribution in [0.1, 0.15) is 258 Å². The number of hydrogen-bond donors (Lipinski definition) is 0. The lowest BCUT2D eigenvalue weighted by atomic mass is 10.0. The van der Waals surface area contributed by atoms with Crippen LogP contribution in [0.15, 0.2) is 24.3 Å². The highest BCUT2D eigenvalue weighted by molar-refractivity contribution is 5.71. The van der Waals surface area contributed by atoms with Crippen molar-refractivity contribution in [2.45, 2.75) is 264 Å². The first-order valence-corrected chi connectivity index (χ1v) is 24.3. The van der Waals surface area contributed by atoms with Crippen molar-refractivity contribution >= 4 is 17.9 Å². The predicted octanol–water partition coefficient (Wildman–Crippen LogP) is 15.6. The molecule has 6 heteroatoms. The smallest absolute Gasteiger partial charge is 0.306 e. The second-order valence-electron chi connectivity index (χ2n) is 16.4. The van der Waals surface area contributed by atoms with Crippen LogP contribution >= 0.6 is 0 Å². The summed E-state index contributed by atoms with van der Waals surface area (Å²) in [6.07, 6.45) is 50.3.